The van der Waals surface area contributed by atoms with Crippen molar-refractivity contribution in [1.29, 1.82) is 0 Å². The molecular formula is C10H9ClFNO2S2. The van der Waals surface area contributed by atoms with E-state index in [-0.39, 0.29) is 21.7 Å². The molecular weight excluding hydrogens is 285 g/mol. The molecule has 1 unspecified atom stereocenters. The third-order valence-corrected chi connectivity index (χ3v) is 3.53. The lowest BCUT2D eigenvalue weighted by atomic mass is 10.3. The van der Waals surface area contributed by atoms with Gasteiger partial charge in [0.25, 0.3) is 0 Å². The monoisotopic (exact) mass is 293 g/mol. The highest BCUT2D eigenvalue weighted by molar-refractivity contribution is 7.78. The number of aliphatic imine (C=N–C) groups is 1. The molecule has 92 valence electrons. The van der Waals surface area contributed by atoms with E-state index in [2.05, 4.69) is 17.2 Å². The fourth-order valence-electron chi connectivity index (χ4n) is 0.966. The van der Waals surface area contributed by atoms with Crippen LogP contribution in [0.25, 0.3) is 0 Å². The summed E-state index contributed by atoms with van der Waals surface area (Å²) in [6.07, 6.45) is 0.420. The topological polar surface area (TPSA) is 38.7 Å². The lowest BCUT2D eigenvalue weighted by molar-refractivity contribution is 0.0340. The van der Waals surface area contributed by atoms with Crippen molar-refractivity contribution in [3.05, 3.63) is 15.0 Å². The van der Waals surface area contributed by atoms with Gasteiger partial charge in [0, 0.05) is 0 Å². The molecule has 0 saturated carbocycles. The van der Waals surface area contributed by atoms with Crippen LogP contribution in [0.5, 0.6) is 0 Å². The van der Waals surface area contributed by atoms with Crippen LogP contribution in [-0.4, -0.2) is 17.2 Å². The van der Waals surface area contributed by atoms with E-state index in [1.165, 1.54) is 0 Å². The number of rotatable bonds is 4. The lowest BCUT2D eigenvalue weighted by Gasteiger charge is -2.09. The minimum absolute atomic E-state index is 0.00605. The van der Waals surface area contributed by atoms with Crippen molar-refractivity contribution in [2.75, 3.05) is 0 Å². The van der Waals surface area contributed by atoms with Crippen LogP contribution in [-0.2, 0) is 4.74 Å². The van der Waals surface area contributed by atoms with Gasteiger partial charge in [-0.1, -0.05) is 29.9 Å². The van der Waals surface area contributed by atoms with Gasteiger partial charge in [0.15, 0.2) is 0 Å². The zero-order chi connectivity index (χ0) is 13.0. The lowest BCUT2D eigenvalue weighted by Crippen LogP contribution is -2.13. The van der Waals surface area contributed by atoms with Crippen molar-refractivity contribution in [2.24, 2.45) is 4.99 Å². The van der Waals surface area contributed by atoms with Crippen LogP contribution in [0.3, 0.4) is 0 Å². The number of carbonyl (C=O) groups excluding carboxylic acids is 1. The number of thiophene rings is 1. The molecule has 1 heterocycles. The van der Waals surface area contributed by atoms with Crippen LogP contribution in [0.1, 0.15) is 29.9 Å². The summed E-state index contributed by atoms with van der Waals surface area (Å²) in [7, 11) is 0. The van der Waals surface area contributed by atoms with Crippen LogP contribution in [0, 0.1) is 5.13 Å². The molecule has 1 aromatic rings. The molecule has 0 fully saturated rings. The second-order valence-electron chi connectivity index (χ2n) is 3.19. The Morgan fingerprint density at radius 3 is 2.94 bits per heavy atom. The molecule has 0 aromatic carbocycles. The van der Waals surface area contributed by atoms with Gasteiger partial charge in [-0.3, -0.25) is 0 Å². The number of isothiocyanates is 1. The van der Waals surface area contributed by atoms with Crippen LogP contribution in [0.15, 0.2) is 4.99 Å². The molecule has 17 heavy (non-hydrogen) atoms. The van der Waals surface area contributed by atoms with E-state index in [1.807, 2.05) is 12.1 Å². The maximum Gasteiger partial charge on any atom is 0.350 e. The second-order valence-corrected chi connectivity index (χ2v) is 4.73. The fourth-order valence-corrected chi connectivity index (χ4v) is 2.17. The summed E-state index contributed by atoms with van der Waals surface area (Å²) in [4.78, 5) is 15.1. The number of nitrogens with zero attached hydrogens (tertiary/aromatic N) is 1. The average Bonchev–Trinajstić information content (AvgIpc) is 2.57. The minimum atomic E-state index is -0.677. The number of ether oxygens (including phenoxy) is 1. The van der Waals surface area contributed by atoms with Crippen molar-refractivity contribution in [3.63, 3.8) is 0 Å². The number of thiocarbonyl (C=S) groups is 1. The zero-order valence-electron chi connectivity index (χ0n) is 9.12. The molecule has 0 aliphatic carbocycles. The molecule has 3 nitrogen and oxygen atoms in total. The van der Waals surface area contributed by atoms with Crippen molar-refractivity contribution in [1.82, 2.24) is 0 Å². The van der Waals surface area contributed by atoms with Crippen molar-refractivity contribution in [3.8, 4) is 0 Å². The molecule has 0 spiro atoms. The highest BCUT2D eigenvalue weighted by atomic mass is 35.5. The van der Waals surface area contributed by atoms with Gasteiger partial charge < -0.3 is 4.74 Å². The Bertz CT molecular complexity index is 483. The van der Waals surface area contributed by atoms with Gasteiger partial charge in [0.2, 0.25) is 5.13 Å². The van der Waals surface area contributed by atoms with Crippen LogP contribution in [0.2, 0.25) is 5.02 Å². The summed E-state index contributed by atoms with van der Waals surface area (Å²) in [6, 6.07) is 0. The van der Waals surface area contributed by atoms with E-state index in [9.17, 15) is 9.18 Å². The largest absolute Gasteiger partial charge is 0.458 e. The van der Waals surface area contributed by atoms with Gasteiger partial charge in [0.1, 0.15) is 10.6 Å². The Hall–Kier alpha value is -0.810. The Balaban J connectivity index is 3.03. The van der Waals surface area contributed by atoms with Crippen LogP contribution in [0.4, 0.5) is 10.1 Å². The molecule has 0 aliphatic heterocycles. The number of carbonyl (C=O) groups is 1. The first-order valence-corrected chi connectivity index (χ1v) is 6.38. The maximum atomic E-state index is 13.4. The van der Waals surface area contributed by atoms with E-state index in [4.69, 9.17) is 16.3 Å². The SMILES string of the molecule is CCC(C)OC(=O)c1sc(F)c(N=C=S)c1Cl. The highest BCUT2D eigenvalue weighted by Gasteiger charge is 2.23. The molecule has 0 saturated heterocycles. The molecule has 0 N–H and O–H groups in total. The zero-order valence-corrected chi connectivity index (χ0v) is 11.5. The van der Waals surface area contributed by atoms with E-state index >= 15 is 0 Å². The molecule has 0 aliphatic rings. The molecule has 1 rings (SSSR count). The highest BCUT2D eigenvalue weighted by Crippen LogP contribution is 2.38. The summed E-state index contributed by atoms with van der Waals surface area (Å²) in [5.41, 5.74) is -0.164. The molecule has 0 amide bonds. The van der Waals surface area contributed by atoms with E-state index in [0.29, 0.717) is 17.8 Å². The quantitative estimate of drug-likeness (QED) is 0.474. The molecule has 7 heteroatoms. The van der Waals surface area contributed by atoms with E-state index in [1.54, 1.807) is 6.92 Å². The smallest absolute Gasteiger partial charge is 0.350 e. The first-order chi connectivity index (χ1) is 8.01. The standard InChI is InChI=1S/C10H9ClFNO2S2/c1-3-5(2)15-10(14)8-6(11)7(13-4-16)9(12)17-8/h5H,3H2,1-2H3. The summed E-state index contributed by atoms with van der Waals surface area (Å²) in [5, 5.41) is 1.25. The van der Waals surface area contributed by atoms with Crippen molar-refractivity contribution < 1.29 is 13.9 Å². The van der Waals surface area contributed by atoms with E-state index < -0.39 is 11.1 Å². The summed E-state index contributed by atoms with van der Waals surface area (Å²) >= 11 is 10.8. The van der Waals surface area contributed by atoms with Crippen LogP contribution >= 0.6 is 35.2 Å². The van der Waals surface area contributed by atoms with E-state index in [0.717, 1.165) is 0 Å². The first-order valence-electron chi connectivity index (χ1n) is 4.77. The summed E-state index contributed by atoms with van der Waals surface area (Å²) in [6.45, 7) is 3.61. The predicted octanol–water partition coefficient (Wildman–Crippen LogP) is 4.23. The Morgan fingerprint density at radius 2 is 2.41 bits per heavy atom. The predicted molar refractivity (Wildman–Crippen MR) is 69.1 cm³/mol. The second kappa shape index (κ2) is 6.21. The fraction of sp³-hybridized carbons (Fsp3) is 0.400. The van der Waals surface area contributed by atoms with Gasteiger partial charge >= 0.3 is 5.97 Å². The minimum Gasteiger partial charge on any atom is -0.458 e. The summed E-state index contributed by atoms with van der Waals surface area (Å²) < 4.78 is 18.4. The van der Waals surface area contributed by atoms with Crippen molar-refractivity contribution in [2.45, 2.75) is 26.4 Å². The Labute approximate surface area is 112 Å². The maximum absolute atomic E-state index is 13.4. The van der Waals surface area contributed by atoms with Gasteiger partial charge in [-0.25, -0.2) is 4.79 Å². The van der Waals surface area contributed by atoms with Gasteiger partial charge in [-0.15, -0.1) is 0 Å². The van der Waals surface area contributed by atoms with Gasteiger partial charge in [-0.2, -0.15) is 9.38 Å². The Kier molecular flexibility index (Phi) is 5.21. The molecule has 1 aromatic heterocycles. The average molecular weight is 294 g/mol. The molecule has 0 bridgehead atoms. The van der Waals surface area contributed by atoms with Crippen LogP contribution < -0.4 is 0 Å². The molecule has 1 atom stereocenters. The number of hydrogen-bond donors (Lipinski definition) is 0. The third kappa shape index (κ3) is 3.33. The first kappa shape index (κ1) is 14.3. The summed E-state index contributed by atoms with van der Waals surface area (Å²) in [5.74, 6) is -0.654. The number of hydrogen-bond acceptors (Lipinski definition) is 5. The van der Waals surface area contributed by atoms with Gasteiger partial charge in [-0.05, 0) is 25.6 Å². The Morgan fingerprint density at radius 1 is 1.76 bits per heavy atom. The van der Waals surface area contributed by atoms with Crippen molar-refractivity contribution >= 4 is 52.0 Å². The third-order valence-electron chi connectivity index (χ3n) is 2.01. The number of halogens is 2. The normalized spacial score (nSPS) is 11.8. The van der Waals surface area contributed by atoms with Gasteiger partial charge in [0.05, 0.1) is 16.3 Å². The number of esters is 1. The molecule has 0 radical (unpaired) electrons.